The third-order valence-electron chi connectivity index (χ3n) is 8.10. The molecule has 0 aromatic heterocycles. The molecule has 1 heterocycles. The number of amides is 4. The Balaban J connectivity index is 1.27. The van der Waals surface area contributed by atoms with Crippen LogP contribution in [0.25, 0.3) is 0 Å². The highest BCUT2D eigenvalue weighted by molar-refractivity contribution is 6.22. The zero-order valence-corrected chi connectivity index (χ0v) is 24.4. The highest BCUT2D eigenvalue weighted by Gasteiger charge is 2.48. The van der Waals surface area contributed by atoms with Gasteiger partial charge in [0.25, 0.3) is 5.91 Å². The molecule has 1 aliphatic heterocycles. The van der Waals surface area contributed by atoms with E-state index in [1.165, 1.54) is 49.8 Å². The van der Waals surface area contributed by atoms with Crippen LogP contribution in [0.3, 0.4) is 0 Å². The van der Waals surface area contributed by atoms with Gasteiger partial charge in [0.15, 0.2) is 0 Å². The number of nitrogens with zero attached hydrogens (tertiary/aromatic N) is 1. The Kier molecular flexibility index (Phi) is 10.9. The Labute approximate surface area is 243 Å². The van der Waals surface area contributed by atoms with E-state index >= 15 is 0 Å². The maximum absolute atomic E-state index is 13.1. The topological polar surface area (TPSA) is 95.6 Å². The van der Waals surface area contributed by atoms with Crippen LogP contribution in [-0.4, -0.2) is 23.6 Å². The van der Waals surface area contributed by atoms with E-state index in [-0.39, 0.29) is 35.5 Å². The fourth-order valence-corrected chi connectivity index (χ4v) is 5.78. The van der Waals surface area contributed by atoms with E-state index in [0.29, 0.717) is 41.9 Å². The molecule has 2 aromatic rings. The largest absolute Gasteiger partial charge is 0.326 e. The van der Waals surface area contributed by atoms with Crippen LogP contribution in [-0.2, 0) is 14.4 Å². The summed E-state index contributed by atoms with van der Waals surface area (Å²) >= 11 is 0. The van der Waals surface area contributed by atoms with E-state index in [1.54, 1.807) is 48.5 Å². The van der Waals surface area contributed by atoms with Gasteiger partial charge in [-0.05, 0) is 62.6 Å². The number of unbranched alkanes of at least 4 members (excludes halogenated alkanes) is 8. The Morgan fingerprint density at radius 1 is 0.805 bits per heavy atom. The molecule has 7 nitrogen and oxygen atoms in total. The highest BCUT2D eigenvalue weighted by Crippen LogP contribution is 2.39. The lowest BCUT2D eigenvalue weighted by Gasteiger charge is -2.18. The number of imide groups is 1. The first-order valence-electron chi connectivity index (χ1n) is 15.2. The third-order valence-corrected chi connectivity index (χ3v) is 8.10. The van der Waals surface area contributed by atoms with Crippen molar-refractivity contribution >= 4 is 40.7 Å². The number of anilines is 3. The lowest BCUT2D eigenvalue weighted by atomic mass is 9.82. The molecular weight excluding hydrogens is 514 g/mol. The van der Waals surface area contributed by atoms with Crippen molar-refractivity contribution in [3.05, 3.63) is 65.7 Å². The van der Waals surface area contributed by atoms with Gasteiger partial charge in [-0.15, -0.1) is 0 Å². The smallest absolute Gasteiger partial charge is 0.255 e. The number of hydrogen-bond donors (Lipinski definition) is 2. The Morgan fingerprint density at radius 3 is 2.17 bits per heavy atom. The first-order valence-corrected chi connectivity index (χ1v) is 15.2. The predicted molar refractivity (Wildman–Crippen MR) is 164 cm³/mol. The molecule has 0 saturated carbocycles. The van der Waals surface area contributed by atoms with E-state index in [2.05, 4.69) is 17.6 Å². The molecule has 0 radical (unpaired) electrons. The summed E-state index contributed by atoms with van der Waals surface area (Å²) in [5, 5.41) is 5.79. The molecule has 2 aromatic carbocycles. The normalized spacial score (nSPS) is 18.2. The van der Waals surface area contributed by atoms with Crippen molar-refractivity contribution in [2.75, 3.05) is 15.5 Å². The van der Waals surface area contributed by atoms with Crippen molar-refractivity contribution in [2.45, 2.75) is 90.9 Å². The van der Waals surface area contributed by atoms with Gasteiger partial charge in [-0.2, -0.15) is 0 Å². The number of fused-ring (bicyclic) bond motifs is 1. The van der Waals surface area contributed by atoms with E-state index in [9.17, 15) is 19.2 Å². The van der Waals surface area contributed by atoms with Crippen molar-refractivity contribution in [1.82, 2.24) is 0 Å². The van der Waals surface area contributed by atoms with Crippen molar-refractivity contribution in [2.24, 2.45) is 11.8 Å². The SMILES string of the molecule is CCCCCCCCCCCC(=O)Nc1cccc(NC(=O)c2cccc(N3C(=O)[C@H]4CC(C)=CC[C@H]4C3=O)c2)c1. The second-order valence-electron chi connectivity index (χ2n) is 11.4. The first kappa shape index (κ1) is 30.2. The fourth-order valence-electron chi connectivity index (χ4n) is 5.78. The van der Waals surface area contributed by atoms with Gasteiger partial charge in [-0.1, -0.05) is 82.1 Å². The summed E-state index contributed by atoms with van der Waals surface area (Å²) < 4.78 is 0. The minimum Gasteiger partial charge on any atom is -0.326 e. The van der Waals surface area contributed by atoms with Crippen LogP contribution in [0.5, 0.6) is 0 Å². The van der Waals surface area contributed by atoms with Crippen LogP contribution < -0.4 is 15.5 Å². The summed E-state index contributed by atoms with van der Waals surface area (Å²) in [6, 6.07) is 13.7. The zero-order valence-electron chi connectivity index (χ0n) is 24.4. The molecule has 4 amide bonds. The summed E-state index contributed by atoms with van der Waals surface area (Å²) in [5.74, 6) is -1.46. The Hall–Kier alpha value is -3.74. The maximum atomic E-state index is 13.1. The summed E-state index contributed by atoms with van der Waals surface area (Å²) in [4.78, 5) is 52.9. The van der Waals surface area contributed by atoms with E-state index in [0.717, 1.165) is 18.4 Å². The maximum Gasteiger partial charge on any atom is 0.255 e. The van der Waals surface area contributed by atoms with E-state index in [1.807, 2.05) is 13.0 Å². The molecule has 2 N–H and O–H groups in total. The summed E-state index contributed by atoms with van der Waals surface area (Å²) in [5.41, 5.74) is 3.05. The van der Waals surface area contributed by atoms with Crippen molar-refractivity contribution in [3.8, 4) is 0 Å². The van der Waals surface area contributed by atoms with Crippen LogP contribution >= 0.6 is 0 Å². The standard InChI is InChI=1S/C34H43N3O4/c1-3-4-5-6-7-8-9-10-11-18-31(38)35-26-15-13-16-27(23-26)36-32(39)25-14-12-17-28(22-25)37-33(40)29-20-19-24(2)21-30(29)34(37)41/h12-17,19,22-23,29-30H,3-11,18,20-21H2,1-2H3,(H,35,38)(H,36,39)/t29-,30+/m1/s1. The molecule has 41 heavy (non-hydrogen) atoms. The van der Waals surface area contributed by atoms with Gasteiger partial charge in [0.2, 0.25) is 17.7 Å². The lowest BCUT2D eigenvalue weighted by Crippen LogP contribution is -2.31. The van der Waals surface area contributed by atoms with Crippen LogP contribution in [0, 0.1) is 11.8 Å². The molecule has 218 valence electrons. The number of hydrogen-bond acceptors (Lipinski definition) is 4. The van der Waals surface area contributed by atoms with E-state index in [4.69, 9.17) is 0 Å². The highest BCUT2D eigenvalue weighted by atomic mass is 16.2. The average Bonchev–Trinajstić information content (AvgIpc) is 3.21. The number of allylic oxidation sites excluding steroid dienone is 2. The molecule has 1 aliphatic carbocycles. The van der Waals surface area contributed by atoms with Gasteiger partial charge in [-0.3, -0.25) is 24.1 Å². The number of rotatable bonds is 14. The summed E-state index contributed by atoms with van der Waals surface area (Å²) in [6.07, 6.45) is 14.5. The van der Waals surface area contributed by atoms with Gasteiger partial charge >= 0.3 is 0 Å². The second kappa shape index (κ2) is 14.8. The zero-order chi connectivity index (χ0) is 29.2. The molecule has 0 bridgehead atoms. The number of benzene rings is 2. The van der Waals surface area contributed by atoms with Gasteiger partial charge < -0.3 is 10.6 Å². The monoisotopic (exact) mass is 557 g/mol. The molecule has 1 fully saturated rings. The van der Waals surface area contributed by atoms with Gasteiger partial charge in [0.1, 0.15) is 0 Å². The summed E-state index contributed by atoms with van der Waals surface area (Å²) in [7, 11) is 0. The fraction of sp³-hybridized carbons (Fsp3) is 0.471. The van der Waals surface area contributed by atoms with Gasteiger partial charge in [0.05, 0.1) is 17.5 Å². The molecule has 0 spiro atoms. The van der Waals surface area contributed by atoms with Crippen molar-refractivity contribution in [1.29, 1.82) is 0 Å². The molecule has 4 rings (SSSR count). The molecule has 7 heteroatoms. The minimum absolute atomic E-state index is 0.0324. The quantitative estimate of drug-likeness (QED) is 0.142. The van der Waals surface area contributed by atoms with Crippen molar-refractivity contribution in [3.63, 3.8) is 0 Å². The molecule has 2 atom stereocenters. The van der Waals surface area contributed by atoms with Crippen LogP contribution in [0.2, 0.25) is 0 Å². The predicted octanol–water partition coefficient (Wildman–Crippen LogP) is 7.64. The second-order valence-corrected chi connectivity index (χ2v) is 11.4. The van der Waals surface area contributed by atoms with Gasteiger partial charge in [0, 0.05) is 23.4 Å². The number of carbonyl (C=O) groups is 4. The lowest BCUT2D eigenvalue weighted by molar-refractivity contribution is -0.122. The first-order chi connectivity index (χ1) is 19.9. The Morgan fingerprint density at radius 2 is 1.44 bits per heavy atom. The average molecular weight is 558 g/mol. The minimum atomic E-state index is -0.362. The van der Waals surface area contributed by atoms with Crippen LogP contribution in [0.1, 0.15) is 101 Å². The molecule has 0 unspecified atom stereocenters. The van der Waals surface area contributed by atoms with Crippen LogP contribution in [0.4, 0.5) is 17.1 Å². The molecule has 1 saturated heterocycles. The Bertz CT molecular complexity index is 1280. The number of carbonyl (C=O) groups excluding carboxylic acids is 4. The van der Waals surface area contributed by atoms with Crippen LogP contribution in [0.15, 0.2) is 60.2 Å². The molecular formula is C34H43N3O4. The number of nitrogens with one attached hydrogen (secondary N) is 2. The van der Waals surface area contributed by atoms with E-state index < -0.39 is 0 Å². The van der Waals surface area contributed by atoms with Crippen molar-refractivity contribution < 1.29 is 19.2 Å². The molecule has 2 aliphatic rings. The summed E-state index contributed by atoms with van der Waals surface area (Å²) in [6.45, 7) is 4.21. The van der Waals surface area contributed by atoms with Gasteiger partial charge in [-0.25, -0.2) is 0 Å². The third kappa shape index (κ3) is 8.15.